The predicted octanol–water partition coefficient (Wildman–Crippen LogP) is 2.96. The summed E-state index contributed by atoms with van der Waals surface area (Å²) in [5, 5.41) is 3.00. The van der Waals surface area contributed by atoms with Crippen LogP contribution in [0.25, 0.3) is 0 Å². The summed E-state index contributed by atoms with van der Waals surface area (Å²) in [6.07, 6.45) is 5.77. The van der Waals surface area contributed by atoms with Gasteiger partial charge in [-0.25, -0.2) is 4.98 Å². The van der Waals surface area contributed by atoms with E-state index in [2.05, 4.69) is 15.3 Å². The number of carbonyl (C=O) groups is 1. The van der Waals surface area contributed by atoms with Crippen LogP contribution in [0.5, 0.6) is 0 Å². The summed E-state index contributed by atoms with van der Waals surface area (Å²) >= 11 is 0. The topological polar surface area (TPSA) is 68.0 Å². The maximum Gasteiger partial charge on any atom is 0.289 e. The highest BCUT2D eigenvalue weighted by Crippen LogP contribution is 2.47. The van der Waals surface area contributed by atoms with Crippen molar-refractivity contribution in [2.24, 2.45) is 0 Å². The molecule has 3 rings (SSSR count). The van der Waals surface area contributed by atoms with Gasteiger partial charge in [-0.3, -0.25) is 9.78 Å². The first kappa shape index (κ1) is 14.8. The molecule has 1 aliphatic carbocycles. The molecular weight excluding hydrogens is 278 g/mol. The Morgan fingerprint density at radius 2 is 2.05 bits per heavy atom. The van der Waals surface area contributed by atoms with Gasteiger partial charge in [-0.2, -0.15) is 0 Å². The minimum Gasteiger partial charge on any atom is -0.435 e. The van der Waals surface area contributed by atoms with Crippen molar-refractivity contribution in [3.63, 3.8) is 0 Å². The second kappa shape index (κ2) is 5.55. The van der Waals surface area contributed by atoms with E-state index in [4.69, 9.17) is 4.42 Å². The Hall–Kier alpha value is -2.17. The predicted molar refractivity (Wildman–Crippen MR) is 82.8 cm³/mol. The van der Waals surface area contributed by atoms with Gasteiger partial charge in [-0.15, -0.1) is 0 Å². The van der Waals surface area contributed by atoms with Gasteiger partial charge in [0.1, 0.15) is 0 Å². The van der Waals surface area contributed by atoms with E-state index in [0.29, 0.717) is 23.9 Å². The lowest BCUT2D eigenvalue weighted by Gasteiger charge is -2.15. The Balaban J connectivity index is 1.68. The standard InChI is InChI=1S/C17H21N3O2/c1-11(2)16-20-12(3)14(22-16)15(21)19-10-17(6-7-17)13-4-8-18-9-5-13/h4-5,8-9,11H,6-7,10H2,1-3H3,(H,19,21). The molecule has 1 amide bonds. The zero-order chi connectivity index (χ0) is 15.7. The molecule has 5 nitrogen and oxygen atoms in total. The molecule has 1 saturated carbocycles. The van der Waals surface area contributed by atoms with E-state index in [1.807, 2.05) is 26.0 Å². The Labute approximate surface area is 130 Å². The van der Waals surface area contributed by atoms with E-state index in [9.17, 15) is 4.79 Å². The highest BCUT2D eigenvalue weighted by atomic mass is 16.4. The summed E-state index contributed by atoms with van der Waals surface area (Å²) in [7, 11) is 0. The Kier molecular flexibility index (Phi) is 3.72. The van der Waals surface area contributed by atoms with Crippen molar-refractivity contribution in [3.8, 4) is 0 Å². The average Bonchev–Trinajstić information content (AvgIpc) is 3.21. The van der Waals surface area contributed by atoms with E-state index in [-0.39, 0.29) is 17.2 Å². The lowest BCUT2D eigenvalue weighted by Crippen LogP contribution is -2.32. The first-order valence-corrected chi connectivity index (χ1v) is 7.68. The third kappa shape index (κ3) is 2.75. The number of nitrogens with one attached hydrogen (secondary N) is 1. The van der Waals surface area contributed by atoms with Crippen LogP contribution in [-0.2, 0) is 5.41 Å². The van der Waals surface area contributed by atoms with E-state index < -0.39 is 0 Å². The Bertz CT molecular complexity index is 672. The number of oxazole rings is 1. The van der Waals surface area contributed by atoms with Crippen LogP contribution in [0.2, 0.25) is 0 Å². The van der Waals surface area contributed by atoms with Crippen LogP contribution < -0.4 is 5.32 Å². The molecule has 5 heteroatoms. The summed E-state index contributed by atoms with van der Waals surface area (Å²) in [4.78, 5) is 20.7. The van der Waals surface area contributed by atoms with Gasteiger partial charge >= 0.3 is 0 Å². The fourth-order valence-corrected chi connectivity index (χ4v) is 2.63. The zero-order valence-corrected chi connectivity index (χ0v) is 13.2. The van der Waals surface area contributed by atoms with Gasteiger partial charge in [0, 0.05) is 30.3 Å². The van der Waals surface area contributed by atoms with Gasteiger partial charge in [-0.05, 0) is 37.5 Å². The minimum absolute atomic E-state index is 0.0629. The molecule has 1 fully saturated rings. The summed E-state index contributed by atoms with van der Waals surface area (Å²) < 4.78 is 5.60. The highest BCUT2D eigenvalue weighted by Gasteiger charge is 2.44. The van der Waals surface area contributed by atoms with Gasteiger partial charge < -0.3 is 9.73 Å². The van der Waals surface area contributed by atoms with Crippen molar-refractivity contribution in [2.75, 3.05) is 6.54 Å². The average molecular weight is 299 g/mol. The van der Waals surface area contributed by atoms with Gasteiger partial charge in [-0.1, -0.05) is 13.8 Å². The quantitative estimate of drug-likeness (QED) is 0.921. The molecule has 0 atom stereocenters. The Morgan fingerprint density at radius 1 is 1.36 bits per heavy atom. The lowest BCUT2D eigenvalue weighted by atomic mass is 9.97. The van der Waals surface area contributed by atoms with Gasteiger partial charge in [0.2, 0.25) is 5.76 Å². The van der Waals surface area contributed by atoms with Crippen LogP contribution in [0.4, 0.5) is 0 Å². The van der Waals surface area contributed by atoms with E-state index in [0.717, 1.165) is 12.8 Å². The number of nitrogens with zero attached hydrogens (tertiary/aromatic N) is 2. The molecule has 0 saturated heterocycles. The van der Waals surface area contributed by atoms with Gasteiger partial charge in [0.05, 0.1) is 5.69 Å². The number of rotatable bonds is 5. The smallest absolute Gasteiger partial charge is 0.289 e. The maximum atomic E-state index is 12.3. The van der Waals surface area contributed by atoms with Crippen LogP contribution >= 0.6 is 0 Å². The van der Waals surface area contributed by atoms with Crippen LogP contribution in [-0.4, -0.2) is 22.4 Å². The third-order valence-corrected chi connectivity index (χ3v) is 4.25. The first-order valence-electron chi connectivity index (χ1n) is 7.68. The molecule has 0 radical (unpaired) electrons. The zero-order valence-electron chi connectivity index (χ0n) is 13.2. The van der Waals surface area contributed by atoms with Crippen molar-refractivity contribution < 1.29 is 9.21 Å². The first-order chi connectivity index (χ1) is 10.5. The fraction of sp³-hybridized carbons (Fsp3) is 0.471. The van der Waals surface area contributed by atoms with Crippen molar-refractivity contribution in [1.29, 1.82) is 0 Å². The number of hydrogen-bond donors (Lipinski definition) is 1. The van der Waals surface area contributed by atoms with Gasteiger partial charge in [0.15, 0.2) is 5.89 Å². The molecular formula is C17H21N3O2. The van der Waals surface area contributed by atoms with E-state index in [1.165, 1.54) is 5.56 Å². The van der Waals surface area contributed by atoms with Crippen molar-refractivity contribution in [1.82, 2.24) is 15.3 Å². The summed E-state index contributed by atoms with van der Waals surface area (Å²) in [6.45, 7) is 6.41. The normalized spacial score (nSPS) is 15.8. The molecule has 22 heavy (non-hydrogen) atoms. The molecule has 0 spiro atoms. The maximum absolute atomic E-state index is 12.3. The van der Waals surface area contributed by atoms with E-state index in [1.54, 1.807) is 19.3 Å². The minimum atomic E-state index is -0.183. The second-order valence-corrected chi connectivity index (χ2v) is 6.32. The number of aryl methyl sites for hydroxylation is 1. The number of hydrogen-bond acceptors (Lipinski definition) is 4. The molecule has 0 aliphatic heterocycles. The molecule has 1 aliphatic rings. The van der Waals surface area contributed by atoms with Crippen molar-refractivity contribution in [3.05, 3.63) is 47.4 Å². The summed E-state index contributed by atoms with van der Waals surface area (Å²) in [6, 6.07) is 4.05. The molecule has 2 aromatic rings. The number of carbonyl (C=O) groups excluding carboxylic acids is 1. The number of pyridine rings is 1. The van der Waals surface area contributed by atoms with E-state index >= 15 is 0 Å². The molecule has 116 valence electrons. The monoisotopic (exact) mass is 299 g/mol. The lowest BCUT2D eigenvalue weighted by molar-refractivity contribution is 0.0919. The summed E-state index contributed by atoms with van der Waals surface area (Å²) in [5.74, 6) is 0.927. The van der Waals surface area contributed by atoms with Crippen molar-refractivity contribution in [2.45, 2.75) is 44.9 Å². The van der Waals surface area contributed by atoms with Crippen molar-refractivity contribution >= 4 is 5.91 Å². The highest BCUT2D eigenvalue weighted by molar-refractivity contribution is 5.92. The SMILES string of the molecule is Cc1nc(C(C)C)oc1C(=O)NCC1(c2ccncc2)CC1. The molecule has 0 bridgehead atoms. The van der Waals surface area contributed by atoms with Crippen LogP contribution in [0.3, 0.4) is 0 Å². The molecule has 2 aromatic heterocycles. The summed E-state index contributed by atoms with van der Waals surface area (Å²) in [5.41, 5.74) is 1.95. The molecule has 0 unspecified atom stereocenters. The molecule has 2 heterocycles. The fourth-order valence-electron chi connectivity index (χ4n) is 2.63. The Morgan fingerprint density at radius 3 is 2.59 bits per heavy atom. The third-order valence-electron chi connectivity index (χ3n) is 4.25. The number of amides is 1. The second-order valence-electron chi connectivity index (χ2n) is 6.32. The molecule has 1 N–H and O–H groups in total. The number of aromatic nitrogens is 2. The van der Waals surface area contributed by atoms with Crippen LogP contribution in [0.1, 0.15) is 60.3 Å². The van der Waals surface area contributed by atoms with Crippen LogP contribution in [0, 0.1) is 6.92 Å². The molecule has 0 aromatic carbocycles. The largest absolute Gasteiger partial charge is 0.435 e. The van der Waals surface area contributed by atoms with Crippen LogP contribution in [0.15, 0.2) is 28.9 Å². The van der Waals surface area contributed by atoms with Gasteiger partial charge in [0.25, 0.3) is 5.91 Å².